The van der Waals surface area contributed by atoms with E-state index in [-0.39, 0.29) is 0 Å². The van der Waals surface area contributed by atoms with Crippen LogP contribution in [0.1, 0.15) is 5.56 Å². The molecule has 0 fully saturated rings. The van der Waals surface area contributed by atoms with Gasteiger partial charge < -0.3 is 4.90 Å². The van der Waals surface area contributed by atoms with E-state index < -0.39 is 11.8 Å². The molecule has 5 heteroatoms. The van der Waals surface area contributed by atoms with Crippen molar-refractivity contribution < 1.29 is 9.59 Å². The molecule has 80 valence electrons. The SMILES string of the molecule is Cc1cccc(N(C)C(=O)C(=O)NN)c1. The monoisotopic (exact) mass is 207 g/mol. The Kier molecular flexibility index (Phi) is 3.41. The fraction of sp³-hybridized carbons (Fsp3) is 0.200. The van der Waals surface area contributed by atoms with E-state index in [2.05, 4.69) is 0 Å². The third-order valence-corrected chi connectivity index (χ3v) is 2.02. The minimum absolute atomic E-state index is 0.656. The molecule has 0 atom stereocenters. The zero-order chi connectivity index (χ0) is 11.4. The van der Waals surface area contributed by atoms with Crippen molar-refractivity contribution in [1.82, 2.24) is 5.43 Å². The molecule has 1 aromatic carbocycles. The van der Waals surface area contributed by atoms with Crippen LogP contribution in [0.3, 0.4) is 0 Å². The summed E-state index contributed by atoms with van der Waals surface area (Å²) in [4.78, 5) is 23.6. The summed E-state index contributed by atoms with van der Waals surface area (Å²) in [6.07, 6.45) is 0. The lowest BCUT2D eigenvalue weighted by Crippen LogP contribution is -2.44. The van der Waals surface area contributed by atoms with Gasteiger partial charge in [0.05, 0.1) is 0 Å². The Bertz CT molecular complexity index is 390. The molecule has 15 heavy (non-hydrogen) atoms. The normalized spacial score (nSPS) is 9.53. The van der Waals surface area contributed by atoms with Crippen LogP contribution in [0, 0.1) is 6.92 Å². The van der Waals surface area contributed by atoms with Gasteiger partial charge in [-0.25, -0.2) is 5.84 Å². The number of nitrogens with zero attached hydrogens (tertiary/aromatic N) is 1. The number of hydrogen-bond acceptors (Lipinski definition) is 3. The fourth-order valence-electron chi connectivity index (χ4n) is 1.17. The second-order valence-electron chi connectivity index (χ2n) is 3.18. The highest BCUT2D eigenvalue weighted by Gasteiger charge is 2.18. The number of hydrazine groups is 1. The van der Waals surface area contributed by atoms with Crippen molar-refractivity contribution in [2.75, 3.05) is 11.9 Å². The maximum Gasteiger partial charge on any atom is 0.323 e. The second-order valence-corrected chi connectivity index (χ2v) is 3.18. The Morgan fingerprint density at radius 1 is 1.40 bits per heavy atom. The quantitative estimate of drug-likeness (QED) is 0.293. The lowest BCUT2D eigenvalue weighted by Gasteiger charge is -2.16. The van der Waals surface area contributed by atoms with Gasteiger partial charge in [0.15, 0.2) is 0 Å². The molecule has 0 radical (unpaired) electrons. The van der Waals surface area contributed by atoms with Gasteiger partial charge in [-0.1, -0.05) is 12.1 Å². The molecule has 0 aliphatic rings. The van der Waals surface area contributed by atoms with Crippen LogP contribution in [0.4, 0.5) is 5.69 Å². The van der Waals surface area contributed by atoms with E-state index in [0.717, 1.165) is 5.56 Å². The molecule has 3 N–H and O–H groups in total. The number of likely N-dealkylation sites (N-methyl/N-ethyl adjacent to an activating group) is 1. The summed E-state index contributed by atoms with van der Waals surface area (Å²) in [6.45, 7) is 1.91. The van der Waals surface area contributed by atoms with E-state index in [1.807, 2.05) is 25.1 Å². The van der Waals surface area contributed by atoms with Crippen LogP contribution in [0.15, 0.2) is 24.3 Å². The highest BCUT2D eigenvalue weighted by atomic mass is 16.2. The largest absolute Gasteiger partial charge is 0.323 e. The molecule has 0 unspecified atom stereocenters. The van der Waals surface area contributed by atoms with Gasteiger partial charge in [0.2, 0.25) is 0 Å². The number of carbonyl (C=O) groups excluding carboxylic acids is 2. The minimum atomic E-state index is -0.834. The highest BCUT2D eigenvalue weighted by molar-refractivity contribution is 6.40. The van der Waals surface area contributed by atoms with E-state index >= 15 is 0 Å². The first-order valence-corrected chi connectivity index (χ1v) is 4.41. The minimum Gasteiger partial charge on any atom is -0.307 e. The maximum atomic E-state index is 11.4. The molecule has 0 aliphatic carbocycles. The molecule has 1 aromatic rings. The van der Waals surface area contributed by atoms with Crippen LogP contribution in [0.2, 0.25) is 0 Å². The van der Waals surface area contributed by atoms with Crippen LogP contribution in [-0.2, 0) is 9.59 Å². The molecular weight excluding hydrogens is 194 g/mol. The molecule has 1 rings (SSSR count). The topological polar surface area (TPSA) is 75.4 Å². The van der Waals surface area contributed by atoms with Crippen molar-refractivity contribution in [2.24, 2.45) is 5.84 Å². The van der Waals surface area contributed by atoms with Crippen LogP contribution in [0.25, 0.3) is 0 Å². The summed E-state index contributed by atoms with van der Waals surface area (Å²) >= 11 is 0. The lowest BCUT2D eigenvalue weighted by atomic mass is 10.2. The molecule has 0 heterocycles. The summed E-state index contributed by atoms with van der Waals surface area (Å²) in [5.74, 6) is 3.35. The molecule has 0 aliphatic heterocycles. The van der Waals surface area contributed by atoms with Crippen molar-refractivity contribution in [3.05, 3.63) is 29.8 Å². The first kappa shape index (κ1) is 11.2. The summed E-state index contributed by atoms with van der Waals surface area (Å²) in [5.41, 5.74) is 3.47. The number of hydrogen-bond donors (Lipinski definition) is 2. The predicted molar refractivity (Wildman–Crippen MR) is 56.9 cm³/mol. The standard InChI is InChI=1S/C10H13N3O2/c1-7-4-3-5-8(6-7)13(2)10(15)9(14)12-11/h3-6H,11H2,1-2H3,(H,12,14). The first-order chi connectivity index (χ1) is 7.06. The Morgan fingerprint density at radius 2 is 2.07 bits per heavy atom. The van der Waals surface area contributed by atoms with Gasteiger partial charge in [0.25, 0.3) is 0 Å². The Morgan fingerprint density at radius 3 is 2.60 bits per heavy atom. The zero-order valence-electron chi connectivity index (χ0n) is 8.65. The molecule has 0 bridgehead atoms. The maximum absolute atomic E-state index is 11.4. The number of aryl methyl sites for hydroxylation is 1. The number of anilines is 1. The van der Waals surface area contributed by atoms with Crippen molar-refractivity contribution in [2.45, 2.75) is 6.92 Å². The number of nitrogens with two attached hydrogens (primary N) is 1. The number of amides is 2. The number of carbonyl (C=O) groups is 2. The van der Waals surface area contributed by atoms with Gasteiger partial charge in [0.1, 0.15) is 0 Å². The van der Waals surface area contributed by atoms with Crippen molar-refractivity contribution in [1.29, 1.82) is 0 Å². The molecule has 0 aromatic heterocycles. The smallest absolute Gasteiger partial charge is 0.307 e. The Balaban J connectivity index is 2.89. The van der Waals surface area contributed by atoms with Gasteiger partial charge in [-0.2, -0.15) is 0 Å². The molecule has 0 saturated carbocycles. The van der Waals surface area contributed by atoms with Crippen molar-refractivity contribution in [3.8, 4) is 0 Å². The van der Waals surface area contributed by atoms with E-state index in [0.29, 0.717) is 5.69 Å². The first-order valence-electron chi connectivity index (χ1n) is 4.41. The molecule has 0 spiro atoms. The summed E-state index contributed by atoms with van der Waals surface area (Å²) in [6, 6.07) is 7.27. The van der Waals surface area contributed by atoms with Gasteiger partial charge >= 0.3 is 11.8 Å². The number of nitrogens with one attached hydrogen (secondary N) is 1. The van der Waals surface area contributed by atoms with Gasteiger partial charge in [0, 0.05) is 12.7 Å². The number of rotatable bonds is 1. The Labute approximate surface area is 87.8 Å². The van der Waals surface area contributed by atoms with Gasteiger partial charge in [-0.3, -0.25) is 15.0 Å². The third-order valence-electron chi connectivity index (χ3n) is 2.02. The van der Waals surface area contributed by atoms with Crippen molar-refractivity contribution >= 4 is 17.5 Å². The molecule has 5 nitrogen and oxygen atoms in total. The molecule has 2 amide bonds. The lowest BCUT2D eigenvalue weighted by molar-refractivity contribution is -0.137. The third kappa shape index (κ3) is 2.54. The van der Waals surface area contributed by atoms with E-state index in [4.69, 9.17) is 5.84 Å². The fourth-order valence-corrected chi connectivity index (χ4v) is 1.17. The van der Waals surface area contributed by atoms with Crippen LogP contribution < -0.4 is 16.2 Å². The summed E-state index contributed by atoms with van der Waals surface area (Å²) in [5, 5.41) is 0. The van der Waals surface area contributed by atoms with Gasteiger partial charge in [-0.15, -0.1) is 0 Å². The molecule has 0 saturated heterocycles. The van der Waals surface area contributed by atoms with Crippen LogP contribution in [0.5, 0.6) is 0 Å². The highest BCUT2D eigenvalue weighted by Crippen LogP contribution is 2.14. The summed E-state index contributed by atoms with van der Waals surface area (Å²) < 4.78 is 0. The van der Waals surface area contributed by atoms with Crippen molar-refractivity contribution in [3.63, 3.8) is 0 Å². The zero-order valence-corrected chi connectivity index (χ0v) is 8.65. The number of benzene rings is 1. The summed E-state index contributed by atoms with van der Waals surface area (Å²) in [7, 11) is 1.52. The predicted octanol–water partition coefficient (Wildman–Crippen LogP) is -0.0523. The van der Waals surface area contributed by atoms with Crippen LogP contribution >= 0.6 is 0 Å². The second kappa shape index (κ2) is 4.56. The van der Waals surface area contributed by atoms with E-state index in [1.165, 1.54) is 11.9 Å². The van der Waals surface area contributed by atoms with Crippen LogP contribution in [-0.4, -0.2) is 18.9 Å². The van der Waals surface area contributed by atoms with Gasteiger partial charge in [-0.05, 0) is 24.6 Å². The Hall–Kier alpha value is -1.88. The average Bonchev–Trinajstić information content (AvgIpc) is 2.26. The van der Waals surface area contributed by atoms with E-state index in [1.54, 1.807) is 11.5 Å². The van der Waals surface area contributed by atoms with E-state index in [9.17, 15) is 9.59 Å². The average molecular weight is 207 g/mol. The molecular formula is C10H13N3O2.